The van der Waals surface area contributed by atoms with Gasteiger partial charge in [-0.15, -0.1) is 0 Å². The molecule has 19 heavy (non-hydrogen) atoms. The summed E-state index contributed by atoms with van der Waals surface area (Å²) in [4.78, 5) is 0. The zero-order chi connectivity index (χ0) is 14.2. The molecule has 0 nitrogen and oxygen atoms in total. The molecule has 1 aliphatic carbocycles. The van der Waals surface area contributed by atoms with Crippen LogP contribution in [0.5, 0.6) is 0 Å². The molecule has 0 fully saturated rings. The van der Waals surface area contributed by atoms with Crippen molar-refractivity contribution < 1.29 is 0 Å². The average Bonchev–Trinajstić information content (AvgIpc) is 2.25. The molecule has 1 aliphatic rings. The van der Waals surface area contributed by atoms with Crippen LogP contribution in [0.15, 0.2) is 35.4 Å². The fourth-order valence-corrected chi connectivity index (χ4v) is 2.98. The van der Waals surface area contributed by atoms with Crippen LogP contribution < -0.4 is 5.46 Å². The molecule has 0 N–H and O–H groups in total. The normalized spacial score (nSPS) is 15.1. The molecule has 1 aromatic carbocycles. The molecule has 1 heteroatoms. The molecule has 0 amide bonds. The molecule has 0 spiro atoms. The molecule has 0 atom stereocenters. The van der Waals surface area contributed by atoms with Gasteiger partial charge in [0.15, 0.2) is 0 Å². The molecule has 0 heterocycles. The van der Waals surface area contributed by atoms with Gasteiger partial charge in [0, 0.05) is 0 Å². The Morgan fingerprint density at radius 1 is 0.842 bits per heavy atom. The van der Waals surface area contributed by atoms with Crippen molar-refractivity contribution in [3.05, 3.63) is 58.0 Å². The second kappa shape index (κ2) is 5.24. The number of aryl methyl sites for hydroxylation is 3. The second-order valence-corrected chi connectivity index (χ2v) is 5.77. The summed E-state index contributed by atoms with van der Waals surface area (Å²) in [7, 11) is 0. The molecular weight excluding hydrogens is 227 g/mol. The average molecular weight is 249 g/mol. The third-order valence-electron chi connectivity index (χ3n) is 3.76. The molecule has 0 aromatic heterocycles. The van der Waals surface area contributed by atoms with E-state index in [1.54, 1.807) is 0 Å². The van der Waals surface area contributed by atoms with Gasteiger partial charge >= 0.3 is 117 Å². The van der Waals surface area contributed by atoms with E-state index in [0.29, 0.717) is 0 Å². The third-order valence-corrected chi connectivity index (χ3v) is 3.76. The van der Waals surface area contributed by atoms with Crippen LogP contribution in [0.3, 0.4) is 0 Å². The maximum atomic E-state index is 2.34. The van der Waals surface area contributed by atoms with E-state index < -0.39 is 0 Å². The summed E-state index contributed by atoms with van der Waals surface area (Å²) in [6, 6.07) is 4.52. The topological polar surface area (TPSA) is 0 Å². The van der Waals surface area contributed by atoms with Crippen molar-refractivity contribution in [2.75, 3.05) is 0 Å². The Kier molecular flexibility index (Phi) is 3.84. The minimum absolute atomic E-state index is 1.34. The van der Waals surface area contributed by atoms with Crippen LogP contribution in [0, 0.1) is 26.7 Å². The van der Waals surface area contributed by atoms with E-state index in [4.69, 9.17) is 0 Å². The summed E-state index contributed by atoms with van der Waals surface area (Å²) >= 11 is 0. The fourth-order valence-electron chi connectivity index (χ4n) is 2.98. The molecule has 0 saturated heterocycles. The second-order valence-electron chi connectivity index (χ2n) is 5.77. The predicted octanol–water partition coefficient (Wildman–Crippen LogP) is 3.61. The van der Waals surface area contributed by atoms with E-state index in [2.05, 4.69) is 72.7 Å². The maximum absolute atomic E-state index is 2.34. The number of hydrogen-bond acceptors (Lipinski definition) is 0. The van der Waals surface area contributed by atoms with Crippen LogP contribution in [0.4, 0.5) is 0 Å². The van der Waals surface area contributed by atoms with Crippen LogP contribution in [0.2, 0.25) is 0 Å². The van der Waals surface area contributed by atoms with Crippen molar-refractivity contribution in [1.29, 1.82) is 0 Å². The molecular formula is C18H22B-. The Bertz CT molecular complexity index is 555. The zero-order valence-electron chi connectivity index (χ0n) is 12.9. The van der Waals surface area contributed by atoms with Crippen molar-refractivity contribution in [2.24, 2.45) is 0 Å². The van der Waals surface area contributed by atoms with Crippen molar-refractivity contribution in [2.45, 2.75) is 41.5 Å². The zero-order valence-corrected chi connectivity index (χ0v) is 12.9. The first-order chi connectivity index (χ1) is 8.88. The molecule has 1 aromatic rings. The van der Waals surface area contributed by atoms with Gasteiger partial charge in [0.1, 0.15) is 0 Å². The standard InChI is InChI=1S/C18H22B/c1-11-7-13(3)17(14(4)8-11)19-18-15(5)9-12(2)10-16(18)6/h7-10H,1-6H3/q-1. The molecule has 0 radical (unpaired) electrons. The van der Waals surface area contributed by atoms with Gasteiger partial charge in [-0.05, 0) is 0 Å². The molecule has 0 aliphatic heterocycles. The van der Waals surface area contributed by atoms with Gasteiger partial charge in [0.05, 0.1) is 0 Å². The van der Waals surface area contributed by atoms with E-state index in [1.165, 1.54) is 44.7 Å². The van der Waals surface area contributed by atoms with Gasteiger partial charge in [-0.25, -0.2) is 0 Å². The molecule has 2 rings (SSSR count). The Morgan fingerprint density at radius 3 is 1.79 bits per heavy atom. The first kappa shape index (κ1) is 13.9. The van der Waals surface area contributed by atoms with Gasteiger partial charge in [0.2, 0.25) is 0 Å². The number of allylic oxidation sites excluding steroid dienone is 4. The van der Waals surface area contributed by atoms with Crippen molar-refractivity contribution in [3.63, 3.8) is 0 Å². The van der Waals surface area contributed by atoms with Crippen molar-refractivity contribution >= 4 is 17.8 Å². The molecule has 0 unspecified atom stereocenters. The van der Waals surface area contributed by atoms with E-state index in [-0.39, 0.29) is 0 Å². The van der Waals surface area contributed by atoms with Gasteiger partial charge in [-0.1, -0.05) is 0 Å². The molecule has 0 bridgehead atoms. The van der Waals surface area contributed by atoms with E-state index in [9.17, 15) is 0 Å². The van der Waals surface area contributed by atoms with Gasteiger partial charge in [-0.2, -0.15) is 0 Å². The van der Waals surface area contributed by atoms with Crippen molar-refractivity contribution in [1.82, 2.24) is 0 Å². The van der Waals surface area contributed by atoms with E-state index in [1.807, 2.05) is 0 Å². The van der Waals surface area contributed by atoms with E-state index in [0.717, 1.165) is 0 Å². The van der Waals surface area contributed by atoms with Crippen LogP contribution in [0.1, 0.15) is 37.5 Å². The van der Waals surface area contributed by atoms with Gasteiger partial charge in [0.25, 0.3) is 0 Å². The third kappa shape index (κ3) is 2.92. The van der Waals surface area contributed by atoms with Crippen LogP contribution >= 0.6 is 0 Å². The number of benzene rings is 1. The number of rotatable bonds is 1. The Morgan fingerprint density at radius 2 is 1.32 bits per heavy atom. The quantitative estimate of drug-likeness (QED) is 0.526. The van der Waals surface area contributed by atoms with Crippen LogP contribution in [-0.2, 0) is 0 Å². The van der Waals surface area contributed by atoms with Crippen LogP contribution in [-0.4, -0.2) is 12.4 Å². The summed E-state index contributed by atoms with van der Waals surface area (Å²) < 4.78 is 0. The Labute approximate surface area is 118 Å². The van der Waals surface area contributed by atoms with Crippen LogP contribution in [0.25, 0.3) is 0 Å². The molecule has 0 saturated carbocycles. The van der Waals surface area contributed by atoms with E-state index >= 15 is 0 Å². The SMILES string of the molecule is CC1=C[C-](C)C=C(C)C1=Bc1c(C)cc(C)cc1C. The predicted molar refractivity (Wildman–Crippen MR) is 87.5 cm³/mol. The summed E-state index contributed by atoms with van der Waals surface area (Å²) in [5.41, 5.74) is 9.49. The monoisotopic (exact) mass is 249 g/mol. The summed E-state index contributed by atoms with van der Waals surface area (Å²) in [6.07, 6.45) is 4.52. The van der Waals surface area contributed by atoms with Gasteiger partial charge in [-0.3, -0.25) is 0 Å². The molecule has 98 valence electrons. The Hall–Kier alpha value is -1.50. The summed E-state index contributed by atoms with van der Waals surface area (Å²) in [5, 5.41) is 0. The Balaban J connectivity index is 2.53. The summed E-state index contributed by atoms with van der Waals surface area (Å²) in [5.74, 6) is 1.34. The van der Waals surface area contributed by atoms with Crippen molar-refractivity contribution in [3.8, 4) is 0 Å². The fraction of sp³-hybridized carbons (Fsp3) is 0.333. The summed E-state index contributed by atoms with van der Waals surface area (Å²) in [6.45, 7) is 15.5. The number of hydrogen-bond donors (Lipinski definition) is 0. The first-order valence-corrected chi connectivity index (χ1v) is 6.89. The first-order valence-electron chi connectivity index (χ1n) is 6.89. The minimum atomic E-state index is 1.34. The van der Waals surface area contributed by atoms with Gasteiger partial charge < -0.3 is 0 Å².